The zero-order valence-electron chi connectivity index (χ0n) is 15.9. The number of rotatable bonds is 5. The third-order valence-electron chi connectivity index (χ3n) is 5.29. The highest BCUT2D eigenvalue weighted by Gasteiger charge is 2.19. The zero-order valence-corrected chi connectivity index (χ0v) is 15.9. The molecule has 0 radical (unpaired) electrons. The van der Waals surface area contributed by atoms with Gasteiger partial charge in [0.25, 0.3) is 0 Å². The Kier molecular flexibility index (Phi) is 4.48. The van der Waals surface area contributed by atoms with Gasteiger partial charge in [-0.05, 0) is 47.5 Å². The fourth-order valence-corrected chi connectivity index (χ4v) is 3.92. The Bertz CT molecular complexity index is 1220. The number of para-hydroxylation sites is 2. The van der Waals surface area contributed by atoms with Crippen LogP contribution in [0.25, 0.3) is 22.4 Å². The molecule has 5 rings (SSSR count). The minimum absolute atomic E-state index is 0.0649. The molecule has 29 heavy (non-hydrogen) atoms. The van der Waals surface area contributed by atoms with Crippen molar-refractivity contribution in [2.24, 2.45) is 5.84 Å². The van der Waals surface area contributed by atoms with Crippen molar-refractivity contribution in [1.29, 1.82) is 0 Å². The molecule has 1 heterocycles. The summed E-state index contributed by atoms with van der Waals surface area (Å²) in [5, 5.41) is 0. The smallest absolute Gasteiger partial charge is 0.0897 e. The van der Waals surface area contributed by atoms with E-state index >= 15 is 0 Å². The van der Waals surface area contributed by atoms with Crippen LogP contribution in [0.4, 0.5) is 0 Å². The van der Waals surface area contributed by atoms with Gasteiger partial charge in [0.15, 0.2) is 0 Å². The molecule has 0 saturated heterocycles. The van der Waals surface area contributed by atoms with Crippen molar-refractivity contribution in [2.45, 2.75) is 6.04 Å². The molecule has 142 valence electrons. The van der Waals surface area contributed by atoms with Crippen LogP contribution in [0.1, 0.15) is 17.2 Å². The summed E-state index contributed by atoms with van der Waals surface area (Å²) in [7, 11) is 0. The number of nitrogens with two attached hydrogens (primary N) is 1. The number of nitrogens with zero attached hydrogens (tertiary/aromatic N) is 2. The predicted molar refractivity (Wildman–Crippen MR) is 118 cm³/mol. The predicted octanol–water partition coefficient (Wildman–Crippen LogP) is 4.97. The normalized spacial score (nSPS) is 12.3. The second kappa shape index (κ2) is 7.43. The summed E-state index contributed by atoms with van der Waals surface area (Å²) >= 11 is 0. The maximum Gasteiger partial charge on any atom is 0.0897 e. The lowest BCUT2D eigenvalue weighted by Gasteiger charge is -2.28. The first-order valence-electron chi connectivity index (χ1n) is 9.72. The molecule has 4 aromatic carbocycles. The van der Waals surface area contributed by atoms with Gasteiger partial charge >= 0.3 is 0 Å². The fraction of sp³-hybridized carbons (Fsp3) is 0.0400. The van der Waals surface area contributed by atoms with Crippen LogP contribution in [0, 0.1) is 0 Å². The van der Waals surface area contributed by atoms with Gasteiger partial charge in [-0.1, -0.05) is 72.8 Å². The first-order valence-corrected chi connectivity index (χ1v) is 9.72. The largest absolute Gasteiger partial charge is 0.271 e. The Morgan fingerprint density at radius 3 is 1.62 bits per heavy atom. The molecule has 0 aliphatic heterocycles. The number of fused-ring (bicyclic) bond motifs is 1. The highest BCUT2D eigenvalue weighted by Crippen LogP contribution is 2.31. The van der Waals surface area contributed by atoms with Crippen LogP contribution < -0.4 is 11.3 Å². The lowest BCUT2D eigenvalue weighted by molar-refractivity contribution is 0.635. The van der Waals surface area contributed by atoms with E-state index in [4.69, 9.17) is 5.84 Å². The summed E-state index contributed by atoms with van der Waals surface area (Å²) < 4.78 is 4.48. The van der Waals surface area contributed by atoms with E-state index in [1.807, 2.05) is 30.3 Å². The lowest BCUT2D eigenvalue weighted by Crippen LogP contribution is -2.29. The minimum atomic E-state index is -0.0649. The van der Waals surface area contributed by atoms with Gasteiger partial charge in [-0.2, -0.15) is 0 Å². The number of hydrazine groups is 1. The molecule has 5 aromatic rings. The van der Waals surface area contributed by atoms with Crippen LogP contribution in [-0.4, -0.2) is 9.36 Å². The Balaban J connectivity index is 1.69. The van der Waals surface area contributed by atoms with Crippen molar-refractivity contribution < 1.29 is 0 Å². The Labute approximate surface area is 169 Å². The summed E-state index contributed by atoms with van der Waals surface area (Å²) in [4.78, 5) is 0. The number of hydrogen-bond donors (Lipinski definition) is 2. The summed E-state index contributed by atoms with van der Waals surface area (Å²) in [6, 6.07) is 37.6. The topological polar surface area (TPSA) is 47.9 Å². The third-order valence-corrected chi connectivity index (χ3v) is 5.29. The quantitative estimate of drug-likeness (QED) is 0.335. The number of aromatic nitrogens is 2. The van der Waals surface area contributed by atoms with Crippen LogP contribution in [0.3, 0.4) is 0 Å². The molecule has 1 aromatic heterocycles. The van der Waals surface area contributed by atoms with Gasteiger partial charge in [-0.25, -0.2) is 14.8 Å². The van der Waals surface area contributed by atoms with E-state index in [2.05, 4.69) is 93.7 Å². The van der Waals surface area contributed by atoms with E-state index in [1.54, 1.807) is 0 Å². The summed E-state index contributed by atoms with van der Waals surface area (Å²) in [5.41, 5.74) is 9.83. The molecule has 0 aliphatic carbocycles. The molecule has 3 N–H and O–H groups in total. The van der Waals surface area contributed by atoms with Crippen LogP contribution >= 0.6 is 0 Å². The molecule has 0 fully saturated rings. The molecule has 0 amide bonds. The first kappa shape index (κ1) is 17.5. The van der Waals surface area contributed by atoms with Gasteiger partial charge in [0.05, 0.1) is 28.5 Å². The lowest BCUT2D eigenvalue weighted by atomic mass is 9.98. The maximum atomic E-state index is 5.93. The number of nitrogens with one attached hydrogen (secondary N) is 1. The molecular formula is C25H22N4. The molecule has 4 nitrogen and oxygen atoms in total. The van der Waals surface area contributed by atoms with Crippen LogP contribution in [0.15, 0.2) is 109 Å². The van der Waals surface area contributed by atoms with Gasteiger partial charge in [0, 0.05) is 0 Å². The van der Waals surface area contributed by atoms with Crippen LogP contribution in [0.2, 0.25) is 0 Å². The molecule has 0 aliphatic rings. The van der Waals surface area contributed by atoms with Crippen molar-refractivity contribution in [3.63, 3.8) is 0 Å². The van der Waals surface area contributed by atoms with E-state index in [-0.39, 0.29) is 6.04 Å². The molecule has 4 heteroatoms. The summed E-state index contributed by atoms with van der Waals surface area (Å²) in [6.45, 7) is 0. The first-order chi connectivity index (χ1) is 14.4. The molecule has 0 bridgehead atoms. The standard InChI is InChI=1S/C25H22N4/c26-27-25(19-10-4-1-5-11-19)20-16-17-23-24(18-20)29(22-14-8-3-9-15-22)28(23)21-12-6-2-7-13-21/h1-18,25,27H,26H2. The van der Waals surface area contributed by atoms with Gasteiger partial charge in [-0.3, -0.25) is 5.84 Å². The van der Waals surface area contributed by atoms with Crippen LogP contribution in [-0.2, 0) is 0 Å². The van der Waals surface area contributed by atoms with E-state index in [0.29, 0.717) is 0 Å². The van der Waals surface area contributed by atoms with Crippen molar-refractivity contribution in [2.75, 3.05) is 0 Å². The van der Waals surface area contributed by atoms with Crippen molar-refractivity contribution in [1.82, 2.24) is 14.8 Å². The SMILES string of the molecule is NNC(c1ccccc1)c1ccc2c(c1)n(-c1ccccc1)n2-c1ccccc1. The number of benzene rings is 4. The van der Waals surface area contributed by atoms with Gasteiger partial charge in [0.1, 0.15) is 0 Å². The van der Waals surface area contributed by atoms with Gasteiger partial charge < -0.3 is 0 Å². The van der Waals surface area contributed by atoms with Crippen molar-refractivity contribution in [3.05, 3.63) is 120 Å². The van der Waals surface area contributed by atoms with Crippen molar-refractivity contribution >= 4 is 11.0 Å². The zero-order chi connectivity index (χ0) is 19.6. The molecule has 1 unspecified atom stereocenters. The highest BCUT2D eigenvalue weighted by molar-refractivity contribution is 5.83. The molecule has 1 atom stereocenters. The fourth-order valence-electron chi connectivity index (χ4n) is 3.92. The van der Waals surface area contributed by atoms with Crippen LogP contribution in [0.5, 0.6) is 0 Å². The highest BCUT2D eigenvalue weighted by atomic mass is 15.4. The van der Waals surface area contributed by atoms with Crippen molar-refractivity contribution in [3.8, 4) is 11.4 Å². The Morgan fingerprint density at radius 1 is 0.552 bits per heavy atom. The second-order valence-corrected chi connectivity index (χ2v) is 7.05. The van der Waals surface area contributed by atoms with E-state index in [0.717, 1.165) is 28.0 Å². The van der Waals surface area contributed by atoms with E-state index in [9.17, 15) is 0 Å². The van der Waals surface area contributed by atoms with Gasteiger partial charge in [-0.15, -0.1) is 0 Å². The Morgan fingerprint density at radius 2 is 1.07 bits per heavy atom. The third kappa shape index (κ3) is 3.05. The maximum absolute atomic E-state index is 5.93. The molecule has 0 saturated carbocycles. The molecular weight excluding hydrogens is 356 g/mol. The minimum Gasteiger partial charge on any atom is -0.271 e. The second-order valence-electron chi connectivity index (χ2n) is 7.05. The van der Waals surface area contributed by atoms with E-state index in [1.165, 1.54) is 5.52 Å². The Hall–Kier alpha value is -3.60. The molecule has 0 spiro atoms. The monoisotopic (exact) mass is 378 g/mol. The average Bonchev–Trinajstić information content (AvgIpc) is 2.78. The number of hydrogen-bond acceptors (Lipinski definition) is 2. The van der Waals surface area contributed by atoms with E-state index < -0.39 is 0 Å². The van der Waals surface area contributed by atoms with Gasteiger partial charge in [0.2, 0.25) is 0 Å². The summed E-state index contributed by atoms with van der Waals surface area (Å²) in [6.07, 6.45) is 0. The summed E-state index contributed by atoms with van der Waals surface area (Å²) in [5.74, 6) is 5.93. The average molecular weight is 378 g/mol.